The molecule has 1 unspecified atom stereocenters. The molecule has 0 N–H and O–H groups in total. The van der Waals surface area contributed by atoms with E-state index in [9.17, 15) is 5.26 Å². The van der Waals surface area contributed by atoms with E-state index in [0.717, 1.165) is 31.1 Å². The Morgan fingerprint density at radius 1 is 1.25 bits per heavy atom. The normalized spacial score (nSPS) is 32.4. The number of nitrogens with zero attached hydrogens (tertiary/aromatic N) is 1. The minimum absolute atomic E-state index is 0.0147. The van der Waals surface area contributed by atoms with E-state index in [1.54, 1.807) is 0 Å². The minimum Gasteiger partial charge on any atom is -0.198 e. The molecular formula is C15H27N. The first-order chi connectivity index (χ1) is 7.53. The average Bonchev–Trinajstić information content (AvgIpc) is 2.29. The molecule has 1 rings (SSSR count). The summed E-state index contributed by atoms with van der Waals surface area (Å²) in [6.07, 6.45) is 7.12. The molecule has 0 amide bonds. The van der Waals surface area contributed by atoms with Gasteiger partial charge in [-0.25, -0.2) is 0 Å². The van der Waals surface area contributed by atoms with Gasteiger partial charge in [-0.05, 0) is 49.9 Å². The van der Waals surface area contributed by atoms with Crippen molar-refractivity contribution >= 4 is 0 Å². The molecule has 0 aliphatic heterocycles. The lowest BCUT2D eigenvalue weighted by Crippen LogP contribution is -2.29. The molecule has 1 heteroatoms. The van der Waals surface area contributed by atoms with Gasteiger partial charge in [-0.1, -0.05) is 34.1 Å². The number of nitriles is 1. The molecule has 0 heterocycles. The number of hydrogen-bond acceptors (Lipinski definition) is 1. The molecule has 92 valence electrons. The molecule has 0 aromatic rings. The molecule has 16 heavy (non-hydrogen) atoms. The maximum Gasteiger partial charge on any atom is 0.0689 e. The lowest BCUT2D eigenvalue weighted by atomic mass is 9.65. The summed E-state index contributed by atoms with van der Waals surface area (Å²) < 4.78 is 0. The Morgan fingerprint density at radius 2 is 1.81 bits per heavy atom. The standard InChI is InChI=1S/C15H27N/c1-5-13(4)10-15(11-16)8-6-14(7-9-15)12(2)3/h12-14H,5-10H2,1-4H3. The van der Waals surface area contributed by atoms with Gasteiger partial charge in [0.25, 0.3) is 0 Å². The van der Waals surface area contributed by atoms with E-state index in [4.69, 9.17) is 0 Å². The Labute approximate surface area is 101 Å². The Balaban J connectivity index is 2.55. The van der Waals surface area contributed by atoms with E-state index in [1.807, 2.05) is 0 Å². The van der Waals surface area contributed by atoms with Gasteiger partial charge in [-0.15, -0.1) is 0 Å². The fourth-order valence-corrected chi connectivity index (χ4v) is 3.03. The molecular weight excluding hydrogens is 194 g/mol. The highest BCUT2D eigenvalue weighted by molar-refractivity contribution is 5.02. The van der Waals surface area contributed by atoms with Gasteiger partial charge in [0.05, 0.1) is 11.5 Å². The van der Waals surface area contributed by atoms with Crippen molar-refractivity contribution in [2.24, 2.45) is 23.2 Å². The van der Waals surface area contributed by atoms with Crippen molar-refractivity contribution in [3.05, 3.63) is 0 Å². The van der Waals surface area contributed by atoms with Crippen molar-refractivity contribution in [2.75, 3.05) is 0 Å². The van der Waals surface area contributed by atoms with Crippen LogP contribution < -0.4 is 0 Å². The van der Waals surface area contributed by atoms with Crippen LogP contribution in [-0.4, -0.2) is 0 Å². The second-order valence-electron chi connectivity index (χ2n) is 6.19. The first kappa shape index (κ1) is 13.6. The monoisotopic (exact) mass is 221 g/mol. The second-order valence-corrected chi connectivity index (χ2v) is 6.19. The van der Waals surface area contributed by atoms with Crippen molar-refractivity contribution in [2.45, 2.75) is 66.2 Å². The molecule has 0 radical (unpaired) electrons. The predicted octanol–water partition coefficient (Wildman–Crippen LogP) is 4.78. The van der Waals surface area contributed by atoms with E-state index >= 15 is 0 Å². The topological polar surface area (TPSA) is 23.8 Å². The van der Waals surface area contributed by atoms with Gasteiger partial charge in [-0.2, -0.15) is 5.26 Å². The van der Waals surface area contributed by atoms with Gasteiger partial charge in [0.1, 0.15) is 0 Å². The molecule has 0 aromatic heterocycles. The minimum atomic E-state index is 0.0147. The summed E-state index contributed by atoms with van der Waals surface area (Å²) in [5.74, 6) is 2.36. The summed E-state index contributed by atoms with van der Waals surface area (Å²) in [4.78, 5) is 0. The Bertz CT molecular complexity index is 241. The van der Waals surface area contributed by atoms with Crippen LogP contribution in [0.4, 0.5) is 0 Å². The summed E-state index contributed by atoms with van der Waals surface area (Å²) in [7, 11) is 0. The van der Waals surface area contributed by atoms with Crippen molar-refractivity contribution in [1.29, 1.82) is 5.26 Å². The molecule has 1 saturated carbocycles. The highest BCUT2D eigenvalue weighted by atomic mass is 14.4. The molecule has 1 atom stereocenters. The fourth-order valence-electron chi connectivity index (χ4n) is 3.03. The molecule has 0 spiro atoms. The summed E-state index contributed by atoms with van der Waals surface area (Å²) in [5.41, 5.74) is 0.0147. The van der Waals surface area contributed by atoms with Gasteiger partial charge >= 0.3 is 0 Å². The quantitative estimate of drug-likeness (QED) is 0.670. The highest BCUT2D eigenvalue weighted by Crippen LogP contribution is 2.45. The van der Waals surface area contributed by atoms with E-state index < -0.39 is 0 Å². The van der Waals surface area contributed by atoms with E-state index in [2.05, 4.69) is 33.8 Å². The Hall–Kier alpha value is -0.510. The van der Waals surface area contributed by atoms with Crippen molar-refractivity contribution in [3.63, 3.8) is 0 Å². The van der Waals surface area contributed by atoms with Crippen LogP contribution in [0.15, 0.2) is 0 Å². The summed E-state index contributed by atoms with van der Waals surface area (Å²) >= 11 is 0. The van der Waals surface area contributed by atoms with Crippen LogP contribution in [0.25, 0.3) is 0 Å². The van der Waals surface area contributed by atoms with Gasteiger partial charge in [0.15, 0.2) is 0 Å². The molecule has 1 aliphatic carbocycles. The van der Waals surface area contributed by atoms with Gasteiger partial charge in [0, 0.05) is 0 Å². The largest absolute Gasteiger partial charge is 0.198 e. The van der Waals surface area contributed by atoms with Crippen LogP contribution in [0.5, 0.6) is 0 Å². The molecule has 1 aliphatic rings. The Morgan fingerprint density at radius 3 is 2.19 bits per heavy atom. The van der Waals surface area contributed by atoms with Crippen molar-refractivity contribution in [1.82, 2.24) is 0 Å². The van der Waals surface area contributed by atoms with E-state index in [0.29, 0.717) is 5.92 Å². The first-order valence-electron chi connectivity index (χ1n) is 6.94. The summed E-state index contributed by atoms with van der Waals surface area (Å²) in [6, 6.07) is 2.64. The SMILES string of the molecule is CCC(C)CC1(C#N)CCC(C(C)C)CC1. The smallest absolute Gasteiger partial charge is 0.0689 e. The van der Waals surface area contributed by atoms with Crippen molar-refractivity contribution in [3.8, 4) is 6.07 Å². The lowest BCUT2D eigenvalue weighted by molar-refractivity contribution is 0.148. The Kier molecular flexibility index (Phi) is 4.84. The lowest BCUT2D eigenvalue weighted by Gasteiger charge is -2.38. The number of hydrogen-bond donors (Lipinski definition) is 0. The average molecular weight is 221 g/mol. The second kappa shape index (κ2) is 5.71. The predicted molar refractivity (Wildman–Crippen MR) is 68.9 cm³/mol. The first-order valence-corrected chi connectivity index (χ1v) is 6.94. The van der Waals surface area contributed by atoms with Crippen LogP contribution in [-0.2, 0) is 0 Å². The van der Waals surface area contributed by atoms with Crippen LogP contribution in [0, 0.1) is 34.5 Å². The van der Waals surface area contributed by atoms with Crippen molar-refractivity contribution < 1.29 is 0 Å². The van der Waals surface area contributed by atoms with Crippen LogP contribution in [0.1, 0.15) is 66.2 Å². The zero-order valence-corrected chi connectivity index (χ0v) is 11.4. The van der Waals surface area contributed by atoms with Crippen LogP contribution in [0.2, 0.25) is 0 Å². The van der Waals surface area contributed by atoms with Crippen LogP contribution in [0.3, 0.4) is 0 Å². The molecule has 0 saturated heterocycles. The molecule has 1 fully saturated rings. The van der Waals surface area contributed by atoms with Gasteiger partial charge in [-0.3, -0.25) is 0 Å². The van der Waals surface area contributed by atoms with E-state index in [1.165, 1.54) is 19.3 Å². The molecule has 1 nitrogen and oxygen atoms in total. The maximum atomic E-state index is 9.46. The fraction of sp³-hybridized carbons (Fsp3) is 0.933. The summed E-state index contributed by atoms with van der Waals surface area (Å²) in [6.45, 7) is 9.15. The van der Waals surface area contributed by atoms with Crippen LogP contribution >= 0.6 is 0 Å². The zero-order valence-electron chi connectivity index (χ0n) is 11.4. The zero-order chi connectivity index (χ0) is 12.2. The van der Waals surface area contributed by atoms with Gasteiger partial charge < -0.3 is 0 Å². The third-order valence-electron chi connectivity index (χ3n) is 4.60. The summed E-state index contributed by atoms with van der Waals surface area (Å²) in [5, 5.41) is 9.46. The number of rotatable bonds is 4. The maximum absolute atomic E-state index is 9.46. The third kappa shape index (κ3) is 3.24. The molecule has 0 bridgehead atoms. The third-order valence-corrected chi connectivity index (χ3v) is 4.60. The van der Waals surface area contributed by atoms with E-state index in [-0.39, 0.29) is 5.41 Å². The molecule has 0 aromatic carbocycles. The van der Waals surface area contributed by atoms with Gasteiger partial charge in [0.2, 0.25) is 0 Å². The highest BCUT2D eigenvalue weighted by Gasteiger charge is 2.36.